The predicted molar refractivity (Wildman–Crippen MR) is 112 cm³/mol. The molecule has 1 aromatic carbocycles. The van der Waals surface area contributed by atoms with Crippen LogP contribution in [0.25, 0.3) is 0 Å². The molecule has 1 fully saturated rings. The molecule has 5 nitrogen and oxygen atoms in total. The van der Waals surface area contributed by atoms with Crippen molar-refractivity contribution >= 4 is 34.4 Å². The Morgan fingerprint density at radius 1 is 1.19 bits per heavy atom. The molecule has 0 bridgehead atoms. The fraction of sp³-hybridized carbons (Fsp3) is 0.350. The van der Waals surface area contributed by atoms with Crippen molar-refractivity contribution in [2.75, 3.05) is 5.32 Å². The first-order valence-corrected chi connectivity index (χ1v) is 10.5. The molecule has 27 heavy (non-hydrogen) atoms. The lowest BCUT2D eigenvalue weighted by Gasteiger charge is -2.18. The van der Waals surface area contributed by atoms with Crippen molar-refractivity contribution in [2.45, 2.75) is 45.9 Å². The Morgan fingerprint density at radius 3 is 2.67 bits per heavy atom. The summed E-state index contributed by atoms with van der Waals surface area (Å²) in [5.74, 6) is 0. The second kappa shape index (κ2) is 7.88. The van der Waals surface area contributed by atoms with Crippen LogP contribution in [0.2, 0.25) is 0 Å². The fourth-order valence-corrected chi connectivity index (χ4v) is 4.20. The van der Waals surface area contributed by atoms with Crippen LogP contribution < -0.4 is 10.2 Å². The first-order valence-electron chi connectivity index (χ1n) is 9.24. The van der Waals surface area contributed by atoms with Gasteiger partial charge >= 0.3 is 0 Å². The van der Waals surface area contributed by atoms with E-state index >= 15 is 0 Å². The van der Waals surface area contributed by atoms with E-state index in [-0.39, 0.29) is 0 Å². The van der Waals surface area contributed by atoms with E-state index in [0.29, 0.717) is 6.04 Å². The summed E-state index contributed by atoms with van der Waals surface area (Å²) in [5, 5.41) is 8.99. The third-order valence-electron chi connectivity index (χ3n) is 5.05. The largest absolute Gasteiger partial charge is 0.330 e. The molecule has 1 saturated carbocycles. The number of quaternary nitrogens is 1. The second-order valence-electron chi connectivity index (χ2n) is 7.22. The lowest BCUT2D eigenvalue weighted by molar-refractivity contribution is -0.947. The zero-order valence-corrected chi connectivity index (χ0v) is 17.2. The van der Waals surface area contributed by atoms with Crippen molar-refractivity contribution in [3.8, 4) is 0 Å². The number of anilines is 2. The van der Waals surface area contributed by atoms with Crippen LogP contribution in [0.4, 0.5) is 10.8 Å². The highest BCUT2D eigenvalue weighted by molar-refractivity contribution is 7.73. The Hall–Kier alpha value is -2.09. The van der Waals surface area contributed by atoms with E-state index in [2.05, 4.69) is 54.5 Å². The number of benzene rings is 1. The maximum absolute atomic E-state index is 5.58. The topological polar surface area (TPSA) is 47.2 Å². The van der Waals surface area contributed by atoms with Crippen LogP contribution in [0, 0.1) is 17.8 Å². The molecule has 1 unspecified atom stereocenters. The van der Waals surface area contributed by atoms with Crippen LogP contribution >= 0.6 is 23.6 Å². The summed E-state index contributed by atoms with van der Waals surface area (Å²) in [6.45, 7) is 6.02. The normalized spacial score (nSPS) is 14.9. The van der Waals surface area contributed by atoms with E-state index in [1.54, 1.807) is 0 Å². The van der Waals surface area contributed by atoms with Gasteiger partial charge in [0.2, 0.25) is 5.13 Å². The van der Waals surface area contributed by atoms with E-state index in [0.717, 1.165) is 28.0 Å². The average molecular weight is 399 g/mol. The lowest BCUT2D eigenvalue weighted by atomic mass is 10.1. The van der Waals surface area contributed by atoms with Crippen LogP contribution in [-0.2, 0) is 13.2 Å². The summed E-state index contributed by atoms with van der Waals surface area (Å²) in [6, 6.07) is 11.3. The van der Waals surface area contributed by atoms with Gasteiger partial charge in [-0.15, -0.1) is 5.10 Å². The number of pyridine rings is 1. The molecule has 1 atom stereocenters. The minimum atomic E-state index is 0.706. The molecular weight excluding hydrogens is 374 g/mol. The van der Waals surface area contributed by atoms with E-state index in [4.69, 9.17) is 17.3 Å². The minimum Gasteiger partial charge on any atom is -0.330 e. The molecule has 0 saturated heterocycles. The fourth-order valence-electron chi connectivity index (χ4n) is 3.18. The van der Waals surface area contributed by atoms with Crippen molar-refractivity contribution in [3.63, 3.8) is 0 Å². The van der Waals surface area contributed by atoms with E-state index in [1.165, 1.54) is 45.8 Å². The summed E-state index contributed by atoms with van der Waals surface area (Å²) in [6.07, 6.45) is 6.29. The number of hydrogen-bond acceptors (Lipinski definition) is 5. The van der Waals surface area contributed by atoms with Crippen molar-refractivity contribution in [1.29, 1.82) is 0 Å². The molecule has 1 aliphatic rings. The number of hydrogen-bond donors (Lipinski definition) is 2. The highest BCUT2D eigenvalue weighted by Crippen LogP contribution is 2.22. The van der Waals surface area contributed by atoms with Gasteiger partial charge in [0, 0.05) is 36.5 Å². The molecule has 7 heteroatoms. The number of nitrogens with zero attached hydrogens (tertiary/aromatic N) is 3. The SMILES string of the molecule is Cc1ccc(Nc2nn(C[NH+](Cc3ccncc3)C3CC3)c(=S)s2)cc1C. The first-order chi connectivity index (χ1) is 13.1. The van der Waals surface area contributed by atoms with Gasteiger partial charge in [-0.25, -0.2) is 0 Å². The van der Waals surface area contributed by atoms with Gasteiger partial charge < -0.3 is 10.2 Å². The van der Waals surface area contributed by atoms with Gasteiger partial charge in [-0.1, -0.05) is 17.4 Å². The lowest BCUT2D eigenvalue weighted by Crippen LogP contribution is -3.11. The highest BCUT2D eigenvalue weighted by atomic mass is 32.1. The van der Waals surface area contributed by atoms with Gasteiger partial charge in [0.25, 0.3) is 0 Å². The minimum absolute atomic E-state index is 0.706. The Morgan fingerprint density at radius 2 is 1.96 bits per heavy atom. The van der Waals surface area contributed by atoms with E-state index in [1.807, 2.05) is 17.1 Å². The Kier molecular flexibility index (Phi) is 5.33. The molecule has 2 heterocycles. The highest BCUT2D eigenvalue weighted by Gasteiger charge is 2.33. The maximum atomic E-state index is 5.58. The molecule has 0 spiro atoms. The summed E-state index contributed by atoms with van der Waals surface area (Å²) in [7, 11) is 0. The van der Waals surface area contributed by atoms with E-state index < -0.39 is 0 Å². The number of nitrogens with one attached hydrogen (secondary N) is 2. The predicted octanol–water partition coefficient (Wildman–Crippen LogP) is 3.63. The second-order valence-corrected chi connectivity index (χ2v) is 8.84. The molecular formula is C20H24N5S2+. The van der Waals surface area contributed by atoms with Crippen molar-refractivity contribution in [3.05, 3.63) is 63.4 Å². The van der Waals surface area contributed by atoms with Crippen molar-refractivity contribution in [1.82, 2.24) is 14.8 Å². The third kappa shape index (κ3) is 4.61. The van der Waals surface area contributed by atoms with Crippen LogP contribution in [0.5, 0.6) is 0 Å². The molecule has 0 radical (unpaired) electrons. The zero-order valence-electron chi connectivity index (χ0n) is 15.6. The summed E-state index contributed by atoms with van der Waals surface area (Å²) in [4.78, 5) is 5.63. The first kappa shape index (κ1) is 18.3. The van der Waals surface area contributed by atoms with Gasteiger partial charge in [-0.05, 0) is 61.5 Å². The summed E-state index contributed by atoms with van der Waals surface area (Å²) >= 11 is 7.11. The smallest absolute Gasteiger partial charge is 0.209 e. The zero-order chi connectivity index (χ0) is 18.8. The van der Waals surface area contributed by atoms with Crippen LogP contribution in [0.1, 0.15) is 29.5 Å². The molecule has 0 aliphatic heterocycles. The number of rotatable bonds is 7. The molecule has 140 valence electrons. The van der Waals surface area contributed by atoms with Crippen LogP contribution in [0.15, 0.2) is 42.7 Å². The Labute approximate surface area is 168 Å². The summed E-state index contributed by atoms with van der Waals surface area (Å²) < 4.78 is 2.78. The third-order valence-corrected chi connectivity index (χ3v) is 6.28. The van der Waals surface area contributed by atoms with Crippen molar-refractivity contribution in [2.24, 2.45) is 0 Å². The van der Waals surface area contributed by atoms with Gasteiger partial charge in [0.15, 0.2) is 10.6 Å². The molecule has 2 aromatic heterocycles. The van der Waals surface area contributed by atoms with Crippen molar-refractivity contribution < 1.29 is 4.90 Å². The van der Waals surface area contributed by atoms with Gasteiger partial charge in [0.1, 0.15) is 6.54 Å². The van der Waals surface area contributed by atoms with Crippen LogP contribution in [-0.4, -0.2) is 20.8 Å². The maximum Gasteiger partial charge on any atom is 0.209 e. The quantitative estimate of drug-likeness (QED) is 0.597. The average Bonchev–Trinajstić information content (AvgIpc) is 3.44. The van der Waals surface area contributed by atoms with Crippen LogP contribution in [0.3, 0.4) is 0 Å². The van der Waals surface area contributed by atoms with Gasteiger partial charge in [-0.3, -0.25) is 4.98 Å². The molecule has 0 amide bonds. The molecule has 2 N–H and O–H groups in total. The molecule has 1 aliphatic carbocycles. The van der Waals surface area contributed by atoms with Gasteiger partial charge in [-0.2, -0.15) is 4.68 Å². The van der Waals surface area contributed by atoms with E-state index in [9.17, 15) is 0 Å². The van der Waals surface area contributed by atoms with Gasteiger partial charge in [0.05, 0.1) is 6.04 Å². The standard InChI is InChI=1S/C20H23N5S2/c1-14-3-4-17(11-15(14)2)22-19-23-25(20(26)27-19)13-24(18-5-6-18)12-16-7-9-21-10-8-16/h3-4,7-11,18H,5-6,12-13H2,1-2H3,(H,22,23)/p+1. The number of aromatic nitrogens is 3. The monoisotopic (exact) mass is 398 g/mol. The summed E-state index contributed by atoms with van der Waals surface area (Å²) in [5.41, 5.74) is 4.92. The number of aryl methyl sites for hydroxylation is 2. The Balaban J connectivity index is 1.48. The molecule has 4 rings (SSSR count). The molecule has 3 aromatic rings. The Bertz CT molecular complexity index is 976.